The third-order valence-electron chi connectivity index (χ3n) is 3.77. The molecule has 1 aliphatic rings. The number of hydrogen-bond donors (Lipinski definition) is 3. The maximum Gasteiger partial charge on any atom is 0.240 e. The molecule has 1 amide bonds. The van der Waals surface area contributed by atoms with Crippen LogP contribution in [-0.4, -0.2) is 29.7 Å². The molecule has 1 fully saturated rings. The fraction of sp³-hybridized carbons (Fsp3) is 0.500. The normalized spacial score (nSPS) is 22.0. The molecule has 1 aliphatic heterocycles. The van der Waals surface area contributed by atoms with Gasteiger partial charge >= 0.3 is 0 Å². The molecule has 8 heteroatoms. The summed E-state index contributed by atoms with van der Waals surface area (Å²) in [5.74, 6) is -4.67. The molecule has 0 spiro atoms. The topological polar surface area (TPSA) is 61.4 Å². The molecule has 0 bridgehead atoms. The van der Waals surface area contributed by atoms with Crippen molar-refractivity contribution >= 4 is 18.3 Å². The van der Waals surface area contributed by atoms with E-state index in [1.54, 1.807) is 6.92 Å². The van der Waals surface area contributed by atoms with Gasteiger partial charge in [-0.3, -0.25) is 4.79 Å². The van der Waals surface area contributed by atoms with Crippen LogP contribution < -0.4 is 10.6 Å². The zero-order chi connectivity index (χ0) is 15.6. The summed E-state index contributed by atoms with van der Waals surface area (Å²) in [5.41, 5.74) is -0.797. The molecule has 2 atom stereocenters. The Hall–Kier alpha value is -1.31. The van der Waals surface area contributed by atoms with Crippen molar-refractivity contribution in [3.8, 4) is 0 Å². The lowest BCUT2D eigenvalue weighted by Crippen LogP contribution is -2.52. The van der Waals surface area contributed by atoms with E-state index in [1.165, 1.54) is 0 Å². The Kier molecular flexibility index (Phi) is 6.22. The van der Waals surface area contributed by atoms with Crippen LogP contribution in [0.2, 0.25) is 0 Å². The third kappa shape index (κ3) is 3.71. The van der Waals surface area contributed by atoms with E-state index in [-0.39, 0.29) is 23.9 Å². The van der Waals surface area contributed by atoms with Gasteiger partial charge in [-0.15, -0.1) is 12.4 Å². The molecule has 3 N–H and O–H groups in total. The highest BCUT2D eigenvalue weighted by Crippen LogP contribution is 2.23. The van der Waals surface area contributed by atoms with Gasteiger partial charge in [-0.05, 0) is 44.0 Å². The Morgan fingerprint density at radius 2 is 2.00 bits per heavy atom. The summed E-state index contributed by atoms with van der Waals surface area (Å²) in [4.78, 5) is 12.2. The smallest absolute Gasteiger partial charge is 0.240 e. The Labute approximate surface area is 132 Å². The highest BCUT2D eigenvalue weighted by atomic mass is 35.5. The zero-order valence-electron chi connectivity index (χ0n) is 12.0. The average Bonchev–Trinajstić information content (AvgIpc) is 2.89. The minimum absolute atomic E-state index is 0. The Morgan fingerprint density at radius 3 is 2.45 bits per heavy atom. The van der Waals surface area contributed by atoms with Crippen LogP contribution >= 0.6 is 12.4 Å². The number of rotatable bonds is 4. The highest BCUT2D eigenvalue weighted by molar-refractivity contribution is 5.86. The standard InChI is InChI=1S/C14H17F3N2O2.ClH/c1-14(3-2-4-18-14)13(21)19-11(7-20)8-5-9(15)12(17)10(16)6-8;/h5-6,11,18,20H,2-4,7H2,1H3,(H,19,21);1H. The molecular formula is C14H18ClF3N2O2. The number of halogens is 4. The molecule has 0 radical (unpaired) electrons. The van der Waals surface area contributed by atoms with Crippen LogP contribution in [0.1, 0.15) is 31.4 Å². The molecule has 2 rings (SSSR count). The van der Waals surface area contributed by atoms with E-state index >= 15 is 0 Å². The van der Waals surface area contributed by atoms with Crippen LogP contribution in [0.5, 0.6) is 0 Å². The molecule has 0 saturated carbocycles. The van der Waals surface area contributed by atoms with Crippen LogP contribution in [0.25, 0.3) is 0 Å². The molecule has 0 aromatic heterocycles. The second-order valence-corrected chi connectivity index (χ2v) is 5.37. The molecule has 1 heterocycles. The molecule has 22 heavy (non-hydrogen) atoms. The third-order valence-corrected chi connectivity index (χ3v) is 3.77. The van der Waals surface area contributed by atoms with Gasteiger partial charge in [0, 0.05) is 0 Å². The van der Waals surface area contributed by atoms with Crippen molar-refractivity contribution in [1.82, 2.24) is 10.6 Å². The number of nitrogens with one attached hydrogen (secondary N) is 2. The van der Waals surface area contributed by atoms with E-state index in [9.17, 15) is 23.1 Å². The van der Waals surface area contributed by atoms with Gasteiger partial charge in [-0.25, -0.2) is 13.2 Å². The molecule has 2 unspecified atom stereocenters. The van der Waals surface area contributed by atoms with Gasteiger partial charge in [0.05, 0.1) is 18.2 Å². The van der Waals surface area contributed by atoms with Gasteiger partial charge < -0.3 is 15.7 Å². The summed E-state index contributed by atoms with van der Waals surface area (Å²) in [6, 6.07) is 0.537. The van der Waals surface area contributed by atoms with E-state index in [2.05, 4.69) is 10.6 Å². The summed E-state index contributed by atoms with van der Waals surface area (Å²) in [5, 5.41) is 14.9. The van der Waals surface area contributed by atoms with Crippen LogP contribution in [0, 0.1) is 17.5 Å². The number of hydrogen-bond acceptors (Lipinski definition) is 3. The van der Waals surface area contributed by atoms with Gasteiger partial charge in [-0.2, -0.15) is 0 Å². The summed E-state index contributed by atoms with van der Waals surface area (Å²) in [6.45, 7) is 1.87. The number of amides is 1. The summed E-state index contributed by atoms with van der Waals surface area (Å²) in [6.07, 6.45) is 1.47. The first-order chi connectivity index (χ1) is 9.87. The van der Waals surface area contributed by atoms with Gasteiger partial charge in [0.2, 0.25) is 5.91 Å². The lowest BCUT2D eigenvalue weighted by Gasteiger charge is -2.26. The minimum atomic E-state index is -1.58. The minimum Gasteiger partial charge on any atom is -0.394 e. The lowest BCUT2D eigenvalue weighted by molar-refractivity contribution is -0.127. The van der Waals surface area contributed by atoms with Gasteiger partial charge in [0.1, 0.15) is 0 Å². The second-order valence-electron chi connectivity index (χ2n) is 5.37. The molecule has 0 aliphatic carbocycles. The van der Waals surface area contributed by atoms with Crippen molar-refractivity contribution in [2.75, 3.05) is 13.2 Å². The Bertz CT molecular complexity index is 528. The van der Waals surface area contributed by atoms with Crippen molar-refractivity contribution in [2.45, 2.75) is 31.3 Å². The van der Waals surface area contributed by atoms with Crippen molar-refractivity contribution in [2.24, 2.45) is 0 Å². The summed E-state index contributed by atoms with van der Waals surface area (Å²) >= 11 is 0. The Morgan fingerprint density at radius 1 is 1.41 bits per heavy atom. The number of carbonyl (C=O) groups is 1. The predicted molar refractivity (Wildman–Crippen MR) is 77.2 cm³/mol. The van der Waals surface area contributed by atoms with Gasteiger partial charge in [0.15, 0.2) is 17.5 Å². The first-order valence-electron chi connectivity index (χ1n) is 6.68. The SMILES string of the molecule is CC1(C(=O)NC(CO)c2cc(F)c(F)c(F)c2)CCCN1.Cl. The van der Waals surface area contributed by atoms with E-state index in [1.807, 2.05) is 0 Å². The number of aliphatic hydroxyl groups excluding tert-OH is 1. The van der Waals surface area contributed by atoms with Crippen molar-refractivity contribution in [3.05, 3.63) is 35.1 Å². The molecular weight excluding hydrogens is 321 g/mol. The lowest BCUT2D eigenvalue weighted by atomic mass is 9.98. The van der Waals surface area contributed by atoms with E-state index in [0.29, 0.717) is 13.0 Å². The molecule has 1 saturated heterocycles. The fourth-order valence-electron chi connectivity index (χ4n) is 2.42. The van der Waals surface area contributed by atoms with Gasteiger partial charge in [-0.1, -0.05) is 0 Å². The zero-order valence-corrected chi connectivity index (χ0v) is 12.8. The van der Waals surface area contributed by atoms with Crippen LogP contribution in [0.3, 0.4) is 0 Å². The van der Waals surface area contributed by atoms with E-state index in [0.717, 1.165) is 18.6 Å². The number of carbonyl (C=O) groups excluding carboxylic acids is 1. The van der Waals surface area contributed by atoms with Crippen molar-refractivity contribution in [3.63, 3.8) is 0 Å². The van der Waals surface area contributed by atoms with E-state index < -0.39 is 35.6 Å². The van der Waals surface area contributed by atoms with Crippen LogP contribution in [-0.2, 0) is 4.79 Å². The molecule has 4 nitrogen and oxygen atoms in total. The largest absolute Gasteiger partial charge is 0.394 e. The number of aliphatic hydroxyl groups is 1. The quantitative estimate of drug-likeness (QED) is 0.734. The van der Waals surface area contributed by atoms with Gasteiger partial charge in [0.25, 0.3) is 0 Å². The van der Waals surface area contributed by atoms with Crippen LogP contribution in [0.15, 0.2) is 12.1 Å². The van der Waals surface area contributed by atoms with Crippen LogP contribution in [0.4, 0.5) is 13.2 Å². The van der Waals surface area contributed by atoms with Crippen molar-refractivity contribution in [1.29, 1.82) is 0 Å². The highest BCUT2D eigenvalue weighted by Gasteiger charge is 2.37. The first kappa shape index (κ1) is 18.7. The monoisotopic (exact) mass is 338 g/mol. The number of benzene rings is 1. The fourth-order valence-corrected chi connectivity index (χ4v) is 2.42. The second kappa shape index (κ2) is 7.30. The first-order valence-corrected chi connectivity index (χ1v) is 6.68. The molecule has 1 aromatic carbocycles. The van der Waals surface area contributed by atoms with E-state index in [4.69, 9.17) is 0 Å². The summed E-state index contributed by atoms with van der Waals surface area (Å²) in [7, 11) is 0. The average molecular weight is 339 g/mol. The van der Waals surface area contributed by atoms with Crippen molar-refractivity contribution < 1.29 is 23.1 Å². The maximum atomic E-state index is 13.2. The predicted octanol–water partition coefficient (Wildman–Crippen LogP) is 1.82. The maximum absolute atomic E-state index is 13.2. The molecule has 124 valence electrons. The Balaban J connectivity index is 0.00000242. The molecule has 1 aromatic rings. The summed E-state index contributed by atoms with van der Waals surface area (Å²) < 4.78 is 39.4.